The zero-order valence-corrected chi connectivity index (χ0v) is 12.5. The largest absolute Gasteiger partial charge is 0.487 e. The summed E-state index contributed by atoms with van der Waals surface area (Å²) in [6.07, 6.45) is -2.86. The number of nitro groups is 1. The van der Waals surface area contributed by atoms with E-state index in [-0.39, 0.29) is 5.75 Å². The summed E-state index contributed by atoms with van der Waals surface area (Å²) >= 11 is 0. The van der Waals surface area contributed by atoms with Gasteiger partial charge in [0.2, 0.25) is 5.82 Å². The molecule has 0 aliphatic heterocycles. The Hall–Kier alpha value is -3.31. The summed E-state index contributed by atoms with van der Waals surface area (Å²) < 4.78 is 72.1. The lowest BCUT2D eigenvalue weighted by molar-refractivity contribution is -0.387. The van der Waals surface area contributed by atoms with Gasteiger partial charge in [-0.1, -0.05) is 0 Å². The average molecular weight is 374 g/mol. The number of hydrogen-bond acceptors (Lipinski definition) is 5. The summed E-state index contributed by atoms with van der Waals surface area (Å²) in [6, 6.07) is 2.29. The minimum atomic E-state index is -4.73. The second-order valence-corrected chi connectivity index (χ2v) is 5.02. The highest BCUT2D eigenvalue weighted by atomic mass is 19.4. The number of rotatable bonds is 4. The van der Waals surface area contributed by atoms with E-state index in [4.69, 9.17) is 4.74 Å². The van der Waals surface area contributed by atoms with Gasteiger partial charge in [0.15, 0.2) is 5.69 Å². The van der Waals surface area contributed by atoms with Crippen LogP contribution in [-0.2, 0) is 12.8 Å². The van der Waals surface area contributed by atoms with E-state index >= 15 is 0 Å². The molecule has 0 spiro atoms. The van der Waals surface area contributed by atoms with Crippen LogP contribution in [0.4, 0.5) is 27.6 Å². The zero-order valence-electron chi connectivity index (χ0n) is 12.5. The third-order valence-corrected chi connectivity index (χ3v) is 3.39. The van der Waals surface area contributed by atoms with E-state index in [1.165, 1.54) is 0 Å². The first-order valence-corrected chi connectivity index (χ1v) is 6.83. The fourth-order valence-corrected chi connectivity index (χ4v) is 2.18. The Balaban J connectivity index is 1.91. The first-order valence-electron chi connectivity index (χ1n) is 6.83. The second kappa shape index (κ2) is 6.20. The number of alkyl halides is 3. The van der Waals surface area contributed by atoms with E-state index in [2.05, 4.69) is 10.1 Å². The van der Waals surface area contributed by atoms with Crippen LogP contribution < -0.4 is 4.74 Å². The van der Waals surface area contributed by atoms with Gasteiger partial charge in [0.1, 0.15) is 30.0 Å². The van der Waals surface area contributed by atoms with E-state index in [9.17, 15) is 32.1 Å². The highest BCUT2D eigenvalue weighted by Crippen LogP contribution is 2.32. The molecule has 0 saturated heterocycles. The minimum Gasteiger partial charge on any atom is -0.487 e. The van der Waals surface area contributed by atoms with E-state index in [1.807, 2.05) is 0 Å². The zero-order chi connectivity index (χ0) is 19.1. The first kappa shape index (κ1) is 17.5. The molecule has 0 radical (unpaired) electrons. The van der Waals surface area contributed by atoms with E-state index in [0.29, 0.717) is 12.1 Å². The van der Waals surface area contributed by atoms with Crippen LogP contribution in [0.3, 0.4) is 0 Å². The maximum atomic E-state index is 14.0. The Morgan fingerprint density at radius 3 is 2.65 bits per heavy atom. The molecule has 0 saturated carbocycles. The topological polar surface area (TPSA) is 82.6 Å². The predicted molar refractivity (Wildman–Crippen MR) is 75.3 cm³/mol. The van der Waals surface area contributed by atoms with Crippen molar-refractivity contribution in [2.45, 2.75) is 12.8 Å². The van der Waals surface area contributed by atoms with Gasteiger partial charge in [-0.2, -0.15) is 22.7 Å². The molecule has 0 atom stereocenters. The van der Waals surface area contributed by atoms with Gasteiger partial charge in [-0.25, -0.2) is 13.9 Å². The lowest BCUT2D eigenvalue weighted by atomic mass is 10.2. The molecule has 0 amide bonds. The Morgan fingerprint density at radius 1 is 1.27 bits per heavy atom. The third kappa shape index (κ3) is 3.12. The van der Waals surface area contributed by atoms with Crippen molar-refractivity contribution in [2.75, 3.05) is 0 Å². The van der Waals surface area contributed by atoms with Gasteiger partial charge in [0.25, 0.3) is 0 Å². The number of imidazole rings is 1. The minimum absolute atomic E-state index is 0.228. The number of benzene rings is 1. The Morgan fingerprint density at radius 2 is 2.00 bits per heavy atom. The van der Waals surface area contributed by atoms with Gasteiger partial charge in [0, 0.05) is 12.1 Å². The summed E-state index contributed by atoms with van der Waals surface area (Å²) in [4.78, 5) is 12.9. The van der Waals surface area contributed by atoms with Gasteiger partial charge < -0.3 is 4.74 Å². The van der Waals surface area contributed by atoms with Gasteiger partial charge in [-0.15, -0.1) is 0 Å². The van der Waals surface area contributed by atoms with Crippen LogP contribution in [0, 0.1) is 21.7 Å². The van der Waals surface area contributed by atoms with Crippen molar-refractivity contribution in [2.24, 2.45) is 0 Å². The number of ether oxygens (including phenoxy) is 1. The molecule has 3 rings (SSSR count). The third-order valence-electron chi connectivity index (χ3n) is 3.39. The molecule has 12 heteroatoms. The molecule has 0 N–H and O–H groups in total. The van der Waals surface area contributed by atoms with Gasteiger partial charge in [0.05, 0.1) is 16.7 Å². The number of hydrogen-bond donors (Lipinski definition) is 0. The fourth-order valence-electron chi connectivity index (χ4n) is 2.18. The molecule has 7 nitrogen and oxygen atoms in total. The number of nitrogens with zero attached hydrogens (tertiary/aromatic N) is 4. The summed E-state index contributed by atoms with van der Waals surface area (Å²) in [6.45, 7) is -0.785. The molecule has 2 heterocycles. The Labute approximate surface area is 140 Å². The maximum Gasteiger partial charge on any atom is 0.435 e. The SMILES string of the molecule is O=[N+]([O-])c1ccc(F)c(COc2cnn3cnc(C(F)(F)F)c3c2)c1F. The molecule has 0 fully saturated rings. The molecule has 26 heavy (non-hydrogen) atoms. The van der Waals surface area contributed by atoms with E-state index in [0.717, 1.165) is 23.1 Å². The molecule has 0 aliphatic rings. The highest BCUT2D eigenvalue weighted by molar-refractivity contribution is 5.55. The van der Waals surface area contributed by atoms with E-state index < -0.39 is 51.8 Å². The highest BCUT2D eigenvalue weighted by Gasteiger charge is 2.36. The fraction of sp³-hybridized carbons (Fsp3) is 0.143. The van der Waals surface area contributed by atoms with Gasteiger partial charge in [-0.3, -0.25) is 10.1 Å². The van der Waals surface area contributed by atoms with Crippen molar-refractivity contribution < 1.29 is 31.6 Å². The van der Waals surface area contributed by atoms with Crippen molar-refractivity contribution in [3.8, 4) is 5.75 Å². The van der Waals surface area contributed by atoms with Crippen molar-refractivity contribution in [1.82, 2.24) is 14.6 Å². The number of aromatic nitrogens is 3. The van der Waals surface area contributed by atoms with Crippen LogP contribution in [-0.4, -0.2) is 19.5 Å². The van der Waals surface area contributed by atoms with E-state index in [1.54, 1.807) is 0 Å². The van der Waals surface area contributed by atoms with Crippen LogP contribution in [0.15, 0.2) is 30.7 Å². The molecular weight excluding hydrogens is 367 g/mol. The van der Waals surface area contributed by atoms with Crippen LogP contribution in [0.25, 0.3) is 5.52 Å². The summed E-state index contributed by atoms with van der Waals surface area (Å²) in [5, 5.41) is 14.3. The molecule has 0 bridgehead atoms. The first-order chi connectivity index (χ1) is 12.2. The lowest BCUT2D eigenvalue weighted by Gasteiger charge is -2.09. The van der Waals surface area contributed by atoms with Crippen LogP contribution in [0.1, 0.15) is 11.3 Å². The number of nitro benzene ring substituents is 1. The molecule has 0 unspecified atom stereocenters. The van der Waals surface area contributed by atoms with Gasteiger partial charge in [-0.05, 0) is 6.07 Å². The molecule has 3 aromatic rings. The van der Waals surface area contributed by atoms with Crippen molar-refractivity contribution in [3.63, 3.8) is 0 Å². The lowest BCUT2D eigenvalue weighted by Crippen LogP contribution is -2.07. The monoisotopic (exact) mass is 374 g/mol. The molecule has 2 aromatic heterocycles. The van der Waals surface area contributed by atoms with Gasteiger partial charge >= 0.3 is 11.9 Å². The summed E-state index contributed by atoms with van der Waals surface area (Å²) in [5.41, 5.74) is -3.31. The Kier molecular flexibility index (Phi) is 4.18. The van der Waals surface area contributed by atoms with Crippen LogP contribution in [0.2, 0.25) is 0 Å². The normalized spacial score (nSPS) is 11.7. The quantitative estimate of drug-likeness (QED) is 0.397. The molecule has 0 aliphatic carbocycles. The molecule has 1 aromatic carbocycles. The number of halogens is 5. The average Bonchev–Trinajstić information content (AvgIpc) is 2.97. The summed E-state index contributed by atoms with van der Waals surface area (Å²) in [5.74, 6) is -2.75. The smallest absolute Gasteiger partial charge is 0.435 e. The van der Waals surface area contributed by atoms with Crippen molar-refractivity contribution >= 4 is 11.2 Å². The Bertz CT molecular complexity index is 1000. The second-order valence-electron chi connectivity index (χ2n) is 5.02. The predicted octanol–water partition coefficient (Wildman–Crippen LogP) is 3.51. The molecule has 136 valence electrons. The molecular formula is C14H7F5N4O3. The number of fused-ring (bicyclic) bond motifs is 1. The standard InChI is InChI=1S/C14H7F5N4O3/c15-9-1-2-10(23(24)25)12(16)8(9)5-26-7-3-11-13(14(17,18)19)20-6-22(11)21-4-7/h1-4,6H,5H2. The van der Waals surface area contributed by atoms with Crippen LogP contribution >= 0.6 is 0 Å². The summed E-state index contributed by atoms with van der Waals surface area (Å²) in [7, 11) is 0. The van der Waals surface area contributed by atoms with Crippen molar-refractivity contribution in [3.05, 3.63) is 63.7 Å². The maximum absolute atomic E-state index is 14.0. The van der Waals surface area contributed by atoms with Crippen LogP contribution in [0.5, 0.6) is 5.75 Å². The van der Waals surface area contributed by atoms with Crippen molar-refractivity contribution in [1.29, 1.82) is 0 Å².